The lowest BCUT2D eigenvalue weighted by Gasteiger charge is -2.12. The van der Waals surface area contributed by atoms with Gasteiger partial charge in [0.25, 0.3) is 5.91 Å². The number of hydrogen-bond donors (Lipinski definition) is 2. The van der Waals surface area contributed by atoms with Crippen molar-refractivity contribution in [2.45, 2.75) is 19.4 Å². The van der Waals surface area contributed by atoms with Gasteiger partial charge in [-0.1, -0.05) is 6.92 Å². The molecule has 2 N–H and O–H groups in total. The van der Waals surface area contributed by atoms with Crippen LogP contribution in [0.3, 0.4) is 0 Å². The minimum atomic E-state index is -1.02. The molecular formula is C12H12N2O3S. The predicted octanol–water partition coefficient (Wildman–Crippen LogP) is 1.89. The number of nitrogens with zero attached hydrogens (tertiary/aromatic N) is 1. The Morgan fingerprint density at radius 3 is 2.94 bits per heavy atom. The monoisotopic (exact) mass is 264 g/mol. The lowest BCUT2D eigenvalue weighted by Crippen LogP contribution is -2.40. The summed E-state index contributed by atoms with van der Waals surface area (Å²) in [5, 5.41) is 11.4. The van der Waals surface area contributed by atoms with E-state index >= 15 is 0 Å². The van der Waals surface area contributed by atoms with Crippen molar-refractivity contribution < 1.29 is 14.7 Å². The molecule has 5 nitrogen and oxygen atoms in total. The molecule has 0 aliphatic carbocycles. The molecule has 0 spiro atoms. The van der Waals surface area contributed by atoms with E-state index in [1.165, 1.54) is 11.3 Å². The Morgan fingerprint density at radius 1 is 1.50 bits per heavy atom. The number of nitrogens with one attached hydrogen (secondary N) is 1. The van der Waals surface area contributed by atoms with E-state index in [4.69, 9.17) is 5.11 Å². The quantitative estimate of drug-likeness (QED) is 0.883. The van der Waals surface area contributed by atoms with Gasteiger partial charge in [0.15, 0.2) is 0 Å². The molecule has 0 bridgehead atoms. The zero-order valence-electron chi connectivity index (χ0n) is 9.71. The molecule has 0 saturated carbocycles. The van der Waals surface area contributed by atoms with Crippen LogP contribution in [0.1, 0.15) is 23.7 Å². The highest BCUT2D eigenvalue weighted by Gasteiger charge is 2.18. The van der Waals surface area contributed by atoms with Crippen LogP contribution in [-0.4, -0.2) is 28.0 Å². The summed E-state index contributed by atoms with van der Waals surface area (Å²) in [5.41, 5.74) is 2.99. The molecule has 1 atom stereocenters. The van der Waals surface area contributed by atoms with Crippen molar-refractivity contribution in [1.29, 1.82) is 0 Å². The molecule has 0 aliphatic rings. The lowest BCUT2D eigenvalue weighted by atomic mass is 10.1. The van der Waals surface area contributed by atoms with Crippen molar-refractivity contribution >= 4 is 33.4 Å². The van der Waals surface area contributed by atoms with Gasteiger partial charge in [-0.15, -0.1) is 11.3 Å². The van der Waals surface area contributed by atoms with Gasteiger partial charge < -0.3 is 10.4 Å². The third kappa shape index (κ3) is 2.48. The first kappa shape index (κ1) is 12.5. The van der Waals surface area contributed by atoms with E-state index in [2.05, 4.69) is 10.3 Å². The number of benzene rings is 1. The summed E-state index contributed by atoms with van der Waals surface area (Å²) < 4.78 is 0.908. The third-order valence-electron chi connectivity index (χ3n) is 2.61. The van der Waals surface area contributed by atoms with Crippen molar-refractivity contribution in [3.8, 4) is 0 Å². The molecule has 94 valence electrons. The summed E-state index contributed by atoms with van der Waals surface area (Å²) >= 11 is 1.44. The molecule has 0 saturated heterocycles. The van der Waals surface area contributed by atoms with E-state index in [0.717, 1.165) is 10.2 Å². The number of carboxylic acids is 1. The summed E-state index contributed by atoms with van der Waals surface area (Å²) in [6.07, 6.45) is 0.351. The Bertz CT molecular complexity index is 594. The molecule has 0 radical (unpaired) electrons. The summed E-state index contributed by atoms with van der Waals surface area (Å²) in [6, 6.07) is 4.26. The number of carbonyl (C=O) groups is 2. The summed E-state index contributed by atoms with van der Waals surface area (Å²) in [4.78, 5) is 26.9. The molecular weight excluding hydrogens is 252 g/mol. The number of thiazole rings is 1. The van der Waals surface area contributed by atoms with Crippen molar-refractivity contribution in [2.75, 3.05) is 0 Å². The standard InChI is InChI=1S/C12H12N2O3S/c1-2-8(12(16)17)14-11(15)7-3-4-9-10(5-7)18-6-13-9/h3-6,8H,2H2,1H3,(H,14,15)(H,16,17)/t8-/m0/s1. The topological polar surface area (TPSA) is 79.3 Å². The summed E-state index contributed by atoms with van der Waals surface area (Å²) in [6.45, 7) is 1.71. The molecule has 1 heterocycles. The second-order valence-corrected chi connectivity index (χ2v) is 4.69. The smallest absolute Gasteiger partial charge is 0.326 e. The van der Waals surface area contributed by atoms with Crippen LogP contribution in [0.5, 0.6) is 0 Å². The molecule has 6 heteroatoms. The summed E-state index contributed by atoms with van der Waals surface area (Å²) in [7, 11) is 0. The maximum Gasteiger partial charge on any atom is 0.326 e. The second kappa shape index (κ2) is 5.14. The van der Waals surface area contributed by atoms with Crippen LogP contribution in [0.15, 0.2) is 23.7 Å². The van der Waals surface area contributed by atoms with Crippen LogP contribution in [0.2, 0.25) is 0 Å². The first-order valence-electron chi connectivity index (χ1n) is 5.48. The maximum absolute atomic E-state index is 11.9. The van der Waals surface area contributed by atoms with Crippen molar-refractivity contribution in [1.82, 2.24) is 10.3 Å². The highest BCUT2D eigenvalue weighted by atomic mass is 32.1. The largest absolute Gasteiger partial charge is 0.480 e. The molecule has 1 amide bonds. The highest BCUT2D eigenvalue weighted by molar-refractivity contribution is 7.16. The van der Waals surface area contributed by atoms with E-state index in [9.17, 15) is 9.59 Å². The third-order valence-corrected chi connectivity index (χ3v) is 3.40. The van der Waals surface area contributed by atoms with Crippen molar-refractivity contribution in [2.24, 2.45) is 0 Å². The van der Waals surface area contributed by atoms with Gasteiger partial charge in [-0.05, 0) is 24.6 Å². The van der Waals surface area contributed by atoms with Gasteiger partial charge in [0.05, 0.1) is 15.7 Å². The number of aliphatic carboxylic acids is 1. The predicted molar refractivity (Wildman–Crippen MR) is 68.8 cm³/mol. The number of fused-ring (bicyclic) bond motifs is 1. The van der Waals surface area contributed by atoms with Gasteiger partial charge in [-0.3, -0.25) is 4.79 Å². The fraction of sp³-hybridized carbons (Fsp3) is 0.250. The van der Waals surface area contributed by atoms with E-state index < -0.39 is 12.0 Å². The second-order valence-electron chi connectivity index (χ2n) is 3.81. The number of hydrogen-bond acceptors (Lipinski definition) is 4. The van der Waals surface area contributed by atoms with Crippen molar-refractivity contribution in [3.63, 3.8) is 0 Å². The molecule has 0 fully saturated rings. The molecule has 0 aliphatic heterocycles. The minimum absolute atomic E-state index is 0.351. The molecule has 18 heavy (non-hydrogen) atoms. The first-order valence-corrected chi connectivity index (χ1v) is 6.36. The number of aromatic nitrogens is 1. The van der Waals surface area contributed by atoms with Crippen molar-refractivity contribution in [3.05, 3.63) is 29.3 Å². The number of carbonyl (C=O) groups excluding carboxylic acids is 1. The Hall–Kier alpha value is -1.95. The minimum Gasteiger partial charge on any atom is -0.480 e. The Kier molecular flexibility index (Phi) is 3.57. The molecule has 1 aromatic carbocycles. The van der Waals surface area contributed by atoms with Crippen LogP contribution in [0.4, 0.5) is 0 Å². The zero-order chi connectivity index (χ0) is 13.1. The maximum atomic E-state index is 11.9. The van der Waals surface area contributed by atoms with E-state index in [0.29, 0.717) is 12.0 Å². The normalized spacial score (nSPS) is 12.3. The zero-order valence-corrected chi connectivity index (χ0v) is 10.5. The average molecular weight is 264 g/mol. The van der Waals surface area contributed by atoms with Gasteiger partial charge in [0.1, 0.15) is 6.04 Å². The fourth-order valence-corrected chi connectivity index (χ4v) is 2.29. The van der Waals surface area contributed by atoms with Gasteiger partial charge >= 0.3 is 5.97 Å². The average Bonchev–Trinajstić information content (AvgIpc) is 2.82. The summed E-state index contributed by atoms with van der Waals surface area (Å²) in [5.74, 6) is -1.40. The number of amides is 1. The van der Waals surface area contributed by atoms with Crippen LogP contribution in [-0.2, 0) is 4.79 Å². The molecule has 2 aromatic rings. The lowest BCUT2D eigenvalue weighted by molar-refractivity contribution is -0.139. The van der Waals surface area contributed by atoms with Gasteiger partial charge in [0, 0.05) is 5.56 Å². The Labute approximate surface area is 107 Å². The van der Waals surface area contributed by atoms with E-state index in [1.807, 2.05) is 0 Å². The Balaban J connectivity index is 2.19. The van der Waals surface area contributed by atoms with Gasteiger partial charge in [-0.25, -0.2) is 9.78 Å². The van der Waals surface area contributed by atoms with Gasteiger partial charge in [-0.2, -0.15) is 0 Å². The van der Waals surface area contributed by atoms with Crippen LogP contribution < -0.4 is 5.32 Å². The Morgan fingerprint density at radius 2 is 2.28 bits per heavy atom. The first-order chi connectivity index (χ1) is 8.61. The molecule has 2 rings (SSSR count). The number of carboxylic acid groups (broad SMARTS) is 1. The molecule has 0 unspecified atom stereocenters. The van der Waals surface area contributed by atoms with Gasteiger partial charge in [0.2, 0.25) is 0 Å². The van der Waals surface area contributed by atoms with Crippen LogP contribution in [0.25, 0.3) is 10.2 Å². The molecule has 1 aromatic heterocycles. The fourth-order valence-electron chi connectivity index (χ4n) is 1.58. The van der Waals surface area contributed by atoms with E-state index in [-0.39, 0.29) is 5.91 Å². The number of rotatable bonds is 4. The SMILES string of the molecule is CC[C@H](NC(=O)c1ccc2ncsc2c1)C(=O)O. The van der Waals surface area contributed by atoms with E-state index in [1.54, 1.807) is 30.6 Å². The highest BCUT2D eigenvalue weighted by Crippen LogP contribution is 2.19. The van der Waals surface area contributed by atoms with Crippen LogP contribution >= 0.6 is 11.3 Å². The van der Waals surface area contributed by atoms with Crippen LogP contribution in [0, 0.1) is 0 Å².